The van der Waals surface area contributed by atoms with Gasteiger partial charge in [-0.2, -0.15) is 5.26 Å². The van der Waals surface area contributed by atoms with Crippen LogP contribution in [0.15, 0.2) is 40.7 Å². The van der Waals surface area contributed by atoms with Crippen LogP contribution in [0.3, 0.4) is 0 Å². The van der Waals surface area contributed by atoms with Crippen molar-refractivity contribution in [1.29, 1.82) is 5.26 Å². The number of carbonyl (C=O) groups excluding carboxylic acids is 1. The van der Waals surface area contributed by atoms with E-state index in [0.717, 1.165) is 12.1 Å². The number of rotatable bonds is 3. The number of esters is 1. The molecule has 0 saturated heterocycles. The molecule has 27 heavy (non-hydrogen) atoms. The molecule has 1 aliphatic heterocycles. The monoisotopic (exact) mass is 374 g/mol. The highest BCUT2D eigenvalue weighted by Gasteiger charge is 2.39. The lowest BCUT2D eigenvalue weighted by Gasteiger charge is -2.37. The number of hydrogen-bond donors (Lipinski definition) is 0. The SMILES string of the molecule is CCN1C(C)=C(C#N)C(c2ccc(F)cc2F)C(C(=O)OC(C)(C)C)=C1C. The van der Waals surface area contributed by atoms with E-state index < -0.39 is 29.1 Å². The summed E-state index contributed by atoms with van der Waals surface area (Å²) in [6.07, 6.45) is 0. The van der Waals surface area contributed by atoms with Crippen molar-refractivity contribution < 1.29 is 18.3 Å². The van der Waals surface area contributed by atoms with Gasteiger partial charge in [0.15, 0.2) is 0 Å². The summed E-state index contributed by atoms with van der Waals surface area (Å²) in [4.78, 5) is 14.8. The van der Waals surface area contributed by atoms with Gasteiger partial charge in [-0.05, 0) is 47.6 Å². The van der Waals surface area contributed by atoms with Gasteiger partial charge in [0.05, 0.1) is 23.1 Å². The summed E-state index contributed by atoms with van der Waals surface area (Å²) in [5.74, 6) is -3.10. The van der Waals surface area contributed by atoms with E-state index >= 15 is 0 Å². The van der Waals surface area contributed by atoms with Gasteiger partial charge >= 0.3 is 5.97 Å². The fourth-order valence-electron chi connectivity index (χ4n) is 3.37. The first kappa shape index (κ1) is 20.6. The average molecular weight is 374 g/mol. The third kappa shape index (κ3) is 4.02. The predicted octanol–water partition coefficient (Wildman–Crippen LogP) is 4.80. The fraction of sp³-hybridized carbons (Fsp3) is 0.429. The number of allylic oxidation sites excluding steroid dienone is 3. The molecular formula is C21H24F2N2O2. The number of halogens is 2. The van der Waals surface area contributed by atoms with Crippen LogP contribution in [0.25, 0.3) is 0 Å². The van der Waals surface area contributed by atoms with E-state index in [1.54, 1.807) is 34.6 Å². The van der Waals surface area contributed by atoms with Crippen molar-refractivity contribution in [3.05, 3.63) is 57.9 Å². The highest BCUT2D eigenvalue weighted by Crippen LogP contribution is 2.43. The van der Waals surface area contributed by atoms with E-state index in [9.17, 15) is 18.8 Å². The van der Waals surface area contributed by atoms with Crippen molar-refractivity contribution in [3.8, 4) is 6.07 Å². The highest BCUT2D eigenvalue weighted by atomic mass is 19.1. The van der Waals surface area contributed by atoms with E-state index in [4.69, 9.17) is 4.74 Å². The standard InChI is InChI=1S/C21H24F2N2O2/c1-7-25-12(2)16(11-24)19(15-9-8-14(22)10-17(15)23)18(13(25)3)20(26)27-21(4,5)6/h8-10,19H,7H2,1-6H3. The molecule has 1 aliphatic rings. The molecule has 144 valence electrons. The zero-order chi connectivity index (χ0) is 20.5. The smallest absolute Gasteiger partial charge is 0.337 e. The third-order valence-corrected chi connectivity index (χ3v) is 4.50. The van der Waals surface area contributed by atoms with Crippen LogP contribution in [0.4, 0.5) is 8.78 Å². The van der Waals surface area contributed by atoms with Crippen molar-refractivity contribution in [2.24, 2.45) is 0 Å². The van der Waals surface area contributed by atoms with Crippen molar-refractivity contribution in [3.63, 3.8) is 0 Å². The van der Waals surface area contributed by atoms with Gasteiger partial charge in [0, 0.05) is 29.6 Å². The molecule has 0 amide bonds. The van der Waals surface area contributed by atoms with Gasteiger partial charge < -0.3 is 9.64 Å². The second-order valence-corrected chi connectivity index (χ2v) is 7.45. The molecule has 4 nitrogen and oxygen atoms in total. The molecule has 0 bridgehead atoms. The summed E-state index contributed by atoms with van der Waals surface area (Å²) in [7, 11) is 0. The van der Waals surface area contributed by atoms with Crippen LogP contribution in [-0.4, -0.2) is 23.0 Å². The third-order valence-electron chi connectivity index (χ3n) is 4.50. The maximum Gasteiger partial charge on any atom is 0.337 e. The van der Waals surface area contributed by atoms with Crippen LogP contribution in [0.2, 0.25) is 0 Å². The Kier molecular flexibility index (Phi) is 5.74. The van der Waals surface area contributed by atoms with Crippen molar-refractivity contribution in [2.75, 3.05) is 6.54 Å². The number of ether oxygens (including phenoxy) is 1. The van der Waals surface area contributed by atoms with Crippen LogP contribution < -0.4 is 0 Å². The van der Waals surface area contributed by atoms with Gasteiger partial charge in [0.1, 0.15) is 17.2 Å². The lowest BCUT2D eigenvalue weighted by atomic mass is 9.80. The number of nitrogens with zero attached hydrogens (tertiary/aromatic N) is 2. The number of hydrogen-bond acceptors (Lipinski definition) is 4. The first-order chi connectivity index (χ1) is 12.5. The minimum absolute atomic E-state index is 0.0725. The Morgan fingerprint density at radius 3 is 2.37 bits per heavy atom. The Balaban J connectivity index is 2.75. The molecule has 2 rings (SSSR count). The van der Waals surface area contributed by atoms with Crippen LogP contribution >= 0.6 is 0 Å². The molecular weight excluding hydrogens is 350 g/mol. The van der Waals surface area contributed by atoms with Crippen molar-refractivity contribution in [2.45, 2.75) is 53.1 Å². The van der Waals surface area contributed by atoms with Crippen molar-refractivity contribution >= 4 is 5.97 Å². The lowest BCUT2D eigenvalue weighted by molar-refractivity contribution is -0.150. The fourth-order valence-corrected chi connectivity index (χ4v) is 3.37. The first-order valence-corrected chi connectivity index (χ1v) is 8.79. The van der Waals surface area contributed by atoms with Crippen LogP contribution in [0.5, 0.6) is 0 Å². The Hall–Kier alpha value is -2.68. The van der Waals surface area contributed by atoms with E-state index in [0.29, 0.717) is 17.9 Å². The molecule has 0 radical (unpaired) electrons. The van der Waals surface area contributed by atoms with E-state index in [1.165, 1.54) is 6.07 Å². The zero-order valence-electron chi connectivity index (χ0n) is 16.5. The molecule has 0 aliphatic carbocycles. The molecule has 0 saturated carbocycles. The molecule has 1 aromatic carbocycles. The van der Waals surface area contributed by atoms with E-state index in [-0.39, 0.29) is 16.7 Å². The first-order valence-electron chi connectivity index (χ1n) is 8.79. The summed E-state index contributed by atoms with van der Waals surface area (Å²) in [5.41, 5.74) is 0.989. The van der Waals surface area contributed by atoms with Crippen molar-refractivity contribution in [1.82, 2.24) is 4.90 Å². The van der Waals surface area contributed by atoms with Gasteiger partial charge in [-0.1, -0.05) is 6.07 Å². The number of nitriles is 1. The summed E-state index contributed by atoms with van der Waals surface area (Å²) < 4.78 is 33.5. The van der Waals surface area contributed by atoms with E-state index in [2.05, 4.69) is 6.07 Å². The van der Waals surface area contributed by atoms with Gasteiger partial charge in [0.25, 0.3) is 0 Å². The Morgan fingerprint density at radius 1 is 1.26 bits per heavy atom. The number of carbonyl (C=O) groups is 1. The Bertz CT molecular complexity index is 873. The predicted molar refractivity (Wildman–Crippen MR) is 98.3 cm³/mol. The lowest BCUT2D eigenvalue weighted by Crippen LogP contribution is -2.35. The van der Waals surface area contributed by atoms with Crippen LogP contribution in [0, 0.1) is 23.0 Å². The van der Waals surface area contributed by atoms with Crippen LogP contribution in [0.1, 0.15) is 53.0 Å². The number of benzene rings is 1. The summed E-state index contributed by atoms with van der Waals surface area (Å²) >= 11 is 0. The second kappa shape index (κ2) is 7.51. The van der Waals surface area contributed by atoms with Gasteiger partial charge in [-0.15, -0.1) is 0 Å². The molecule has 0 fully saturated rings. The van der Waals surface area contributed by atoms with Gasteiger partial charge in [0.2, 0.25) is 0 Å². The molecule has 1 atom stereocenters. The quantitative estimate of drug-likeness (QED) is 0.714. The molecule has 0 spiro atoms. The summed E-state index contributed by atoms with van der Waals surface area (Å²) in [5, 5.41) is 9.76. The maximum atomic E-state index is 14.6. The Labute approximate surface area is 158 Å². The molecule has 0 aromatic heterocycles. The van der Waals surface area contributed by atoms with Crippen LogP contribution in [-0.2, 0) is 9.53 Å². The molecule has 1 aromatic rings. The molecule has 6 heteroatoms. The summed E-state index contributed by atoms with van der Waals surface area (Å²) in [6, 6.07) is 5.27. The largest absolute Gasteiger partial charge is 0.457 e. The second-order valence-electron chi connectivity index (χ2n) is 7.45. The minimum atomic E-state index is -0.951. The summed E-state index contributed by atoms with van der Waals surface area (Å²) in [6.45, 7) is 11.1. The molecule has 0 N–H and O–H groups in total. The molecule has 1 heterocycles. The minimum Gasteiger partial charge on any atom is -0.457 e. The topological polar surface area (TPSA) is 53.3 Å². The molecule has 1 unspecified atom stereocenters. The van der Waals surface area contributed by atoms with Gasteiger partial charge in [-0.3, -0.25) is 0 Å². The average Bonchev–Trinajstić information content (AvgIpc) is 2.53. The van der Waals surface area contributed by atoms with Gasteiger partial charge in [-0.25, -0.2) is 13.6 Å². The highest BCUT2D eigenvalue weighted by molar-refractivity contribution is 5.93. The van der Waals surface area contributed by atoms with E-state index in [1.807, 2.05) is 11.8 Å². The maximum absolute atomic E-state index is 14.6. The normalized spacial score (nSPS) is 17.9. The zero-order valence-corrected chi connectivity index (χ0v) is 16.5. The Morgan fingerprint density at radius 2 is 1.89 bits per heavy atom.